The second-order valence-electron chi connectivity index (χ2n) is 7.86. The molecule has 0 bridgehead atoms. The van der Waals surface area contributed by atoms with Gasteiger partial charge in [0.15, 0.2) is 0 Å². The van der Waals surface area contributed by atoms with Gasteiger partial charge in [0.1, 0.15) is 0 Å². The Morgan fingerprint density at radius 1 is 0.615 bits per heavy atom. The van der Waals surface area contributed by atoms with Crippen molar-refractivity contribution < 1.29 is 4.79 Å². The van der Waals surface area contributed by atoms with E-state index in [1.807, 2.05) is 0 Å². The SMILES string of the molecule is C=CC(=O)NCCCCCCCCCCCCCCCCCCCCC. The van der Waals surface area contributed by atoms with Gasteiger partial charge in [-0.05, 0) is 12.5 Å². The van der Waals surface area contributed by atoms with Crippen molar-refractivity contribution in [1.82, 2.24) is 5.32 Å². The molecular formula is C24H47NO. The molecule has 0 aliphatic rings. The van der Waals surface area contributed by atoms with Gasteiger partial charge in [0.05, 0.1) is 0 Å². The minimum Gasteiger partial charge on any atom is -0.353 e. The number of nitrogens with one attached hydrogen (secondary N) is 1. The first-order chi connectivity index (χ1) is 12.8. The molecule has 0 aliphatic heterocycles. The number of hydrogen-bond acceptors (Lipinski definition) is 1. The van der Waals surface area contributed by atoms with Crippen molar-refractivity contribution >= 4 is 5.91 Å². The summed E-state index contributed by atoms with van der Waals surface area (Å²) in [4.78, 5) is 11.0. The van der Waals surface area contributed by atoms with Crippen LogP contribution in [0.5, 0.6) is 0 Å². The third-order valence-electron chi connectivity index (χ3n) is 5.26. The topological polar surface area (TPSA) is 29.1 Å². The van der Waals surface area contributed by atoms with E-state index in [9.17, 15) is 4.79 Å². The van der Waals surface area contributed by atoms with Crippen molar-refractivity contribution in [2.24, 2.45) is 0 Å². The van der Waals surface area contributed by atoms with E-state index in [2.05, 4.69) is 18.8 Å². The zero-order valence-electron chi connectivity index (χ0n) is 17.8. The third kappa shape index (κ3) is 21.3. The molecule has 26 heavy (non-hydrogen) atoms. The normalized spacial score (nSPS) is 10.8. The summed E-state index contributed by atoms with van der Waals surface area (Å²) in [5.41, 5.74) is 0. The van der Waals surface area contributed by atoms with Gasteiger partial charge in [0.2, 0.25) is 5.91 Å². The fraction of sp³-hybridized carbons (Fsp3) is 0.875. The molecule has 0 heterocycles. The van der Waals surface area contributed by atoms with Gasteiger partial charge >= 0.3 is 0 Å². The van der Waals surface area contributed by atoms with Crippen LogP contribution in [0, 0.1) is 0 Å². The number of rotatable bonds is 21. The van der Waals surface area contributed by atoms with E-state index >= 15 is 0 Å². The minimum absolute atomic E-state index is 0.0487. The van der Waals surface area contributed by atoms with Gasteiger partial charge in [-0.2, -0.15) is 0 Å². The predicted octanol–water partition coefficient (Wildman–Crippen LogP) is 7.72. The highest BCUT2D eigenvalue weighted by atomic mass is 16.1. The van der Waals surface area contributed by atoms with E-state index in [1.54, 1.807) is 0 Å². The number of hydrogen-bond donors (Lipinski definition) is 1. The molecule has 0 saturated carbocycles. The Hall–Kier alpha value is -0.790. The van der Waals surface area contributed by atoms with Crippen LogP contribution in [-0.4, -0.2) is 12.5 Å². The van der Waals surface area contributed by atoms with E-state index in [1.165, 1.54) is 122 Å². The zero-order valence-corrected chi connectivity index (χ0v) is 17.8. The smallest absolute Gasteiger partial charge is 0.243 e. The Morgan fingerprint density at radius 3 is 1.23 bits per heavy atom. The van der Waals surface area contributed by atoms with Crippen LogP contribution < -0.4 is 5.32 Å². The van der Waals surface area contributed by atoms with Crippen molar-refractivity contribution in [3.8, 4) is 0 Å². The quantitative estimate of drug-likeness (QED) is 0.164. The average Bonchev–Trinajstić information content (AvgIpc) is 2.66. The highest BCUT2D eigenvalue weighted by molar-refractivity contribution is 5.86. The Kier molecular flexibility index (Phi) is 21.6. The second-order valence-corrected chi connectivity index (χ2v) is 7.86. The van der Waals surface area contributed by atoms with Crippen LogP contribution in [0.4, 0.5) is 0 Å². The summed E-state index contributed by atoms with van der Waals surface area (Å²) >= 11 is 0. The van der Waals surface area contributed by atoms with Crippen LogP contribution in [0.1, 0.15) is 129 Å². The first-order valence-electron chi connectivity index (χ1n) is 11.7. The van der Waals surface area contributed by atoms with Crippen LogP contribution in [0.15, 0.2) is 12.7 Å². The lowest BCUT2D eigenvalue weighted by Gasteiger charge is -2.04. The van der Waals surface area contributed by atoms with Crippen LogP contribution in [0.2, 0.25) is 0 Å². The first-order valence-corrected chi connectivity index (χ1v) is 11.7. The molecule has 1 amide bonds. The molecule has 2 heteroatoms. The van der Waals surface area contributed by atoms with Gasteiger partial charge in [-0.1, -0.05) is 129 Å². The molecule has 0 aliphatic carbocycles. The van der Waals surface area contributed by atoms with E-state index in [4.69, 9.17) is 0 Å². The van der Waals surface area contributed by atoms with E-state index < -0.39 is 0 Å². The summed E-state index contributed by atoms with van der Waals surface area (Å²) in [6, 6.07) is 0. The lowest BCUT2D eigenvalue weighted by Crippen LogP contribution is -2.21. The molecular weight excluding hydrogens is 318 g/mol. The highest BCUT2D eigenvalue weighted by Gasteiger charge is 1.96. The Labute approximate surface area is 164 Å². The average molecular weight is 366 g/mol. The van der Waals surface area contributed by atoms with Gasteiger partial charge in [0, 0.05) is 6.54 Å². The maximum absolute atomic E-state index is 11.0. The molecule has 0 spiro atoms. The first kappa shape index (κ1) is 25.2. The lowest BCUT2D eigenvalue weighted by molar-refractivity contribution is -0.116. The molecule has 0 fully saturated rings. The molecule has 0 unspecified atom stereocenters. The summed E-state index contributed by atoms with van der Waals surface area (Å²) in [6.45, 7) is 6.54. The van der Waals surface area contributed by atoms with Crippen LogP contribution in [0.25, 0.3) is 0 Å². The second kappa shape index (κ2) is 22.3. The van der Waals surface area contributed by atoms with Gasteiger partial charge in [0.25, 0.3) is 0 Å². The summed E-state index contributed by atoms with van der Waals surface area (Å²) in [5, 5.41) is 2.83. The number of carbonyl (C=O) groups excluding carboxylic acids is 1. The van der Waals surface area contributed by atoms with Crippen molar-refractivity contribution in [2.75, 3.05) is 6.54 Å². The molecule has 0 atom stereocenters. The predicted molar refractivity (Wildman–Crippen MR) is 117 cm³/mol. The van der Waals surface area contributed by atoms with Gasteiger partial charge < -0.3 is 5.32 Å². The van der Waals surface area contributed by atoms with Crippen molar-refractivity contribution in [2.45, 2.75) is 129 Å². The molecule has 0 aromatic heterocycles. The Balaban J connectivity index is 3.01. The summed E-state index contributed by atoms with van der Waals surface area (Å²) in [7, 11) is 0. The zero-order chi connectivity index (χ0) is 19.1. The van der Waals surface area contributed by atoms with Crippen molar-refractivity contribution in [3.05, 3.63) is 12.7 Å². The van der Waals surface area contributed by atoms with Gasteiger partial charge in [-0.3, -0.25) is 4.79 Å². The number of carbonyl (C=O) groups is 1. The Bertz CT molecular complexity index is 301. The molecule has 0 aromatic carbocycles. The molecule has 154 valence electrons. The van der Waals surface area contributed by atoms with E-state index in [0.29, 0.717) is 0 Å². The summed E-state index contributed by atoms with van der Waals surface area (Å²) < 4.78 is 0. The van der Waals surface area contributed by atoms with E-state index in [0.717, 1.165) is 13.0 Å². The molecule has 0 radical (unpaired) electrons. The van der Waals surface area contributed by atoms with Crippen molar-refractivity contribution in [3.63, 3.8) is 0 Å². The van der Waals surface area contributed by atoms with Gasteiger partial charge in [-0.15, -0.1) is 0 Å². The lowest BCUT2D eigenvalue weighted by atomic mass is 10.0. The van der Waals surface area contributed by atoms with Crippen LogP contribution in [0.3, 0.4) is 0 Å². The summed E-state index contributed by atoms with van der Waals surface area (Å²) in [5.74, 6) is -0.0487. The summed E-state index contributed by atoms with van der Waals surface area (Å²) in [6.07, 6.45) is 27.9. The molecule has 0 rings (SSSR count). The van der Waals surface area contributed by atoms with Crippen LogP contribution >= 0.6 is 0 Å². The molecule has 1 N–H and O–H groups in total. The van der Waals surface area contributed by atoms with Gasteiger partial charge in [-0.25, -0.2) is 0 Å². The van der Waals surface area contributed by atoms with E-state index in [-0.39, 0.29) is 5.91 Å². The minimum atomic E-state index is -0.0487. The largest absolute Gasteiger partial charge is 0.353 e. The van der Waals surface area contributed by atoms with Crippen molar-refractivity contribution in [1.29, 1.82) is 0 Å². The monoisotopic (exact) mass is 365 g/mol. The third-order valence-corrected chi connectivity index (χ3v) is 5.26. The number of unbranched alkanes of at least 4 members (excludes halogenated alkanes) is 18. The number of amides is 1. The Morgan fingerprint density at radius 2 is 0.923 bits per heavy atom. The highest BCUT2D eigenvalue weighted by Crippen LogP contribution is 2.14. The molecule has 0 aromatic rings. The maximum atomic E-state index is 11.0. The fourth-order valence-corrected chi connectivity index (χ4v) is 3.49. The molecule has 2 nitrogen and oxygen atoms in total. The molecule has 0 saturated heterocycles. The van der Waals surface area contributed by atoms with Crippen LogP contribution in [-0.2, 0) is 4.79 Å². The standard InChI is InChI=1S/C24H47NO/c1-3-5-6-7-8-9-10-11-12-13-14-15-16-17-18-19-20-21-22-23-25-24(26)4-2/h4H,2-3,5-23H2,1H3,(H,25,26). The fourth-order valence-electron chi connectivity index (χ4n) is 3.49. The maximum Gasteiger partial charge on any atom is 0.243 e.